The number of hydrogen-bond acceptors (Lipinski definition) is 3. The highest BCUT2D eigenvalue weighted by Gasteiger charge is 2.41. The van der Waals surface area contributed by atoms with Crippen LogP contribution in [0.2, 0.25) is 0 Å². The fraction of sp³-hybridized carbons (Fsp3) is 0.467. The number of fused-ring (bicyclic) bond motifs is 3. The average Bonchev–Trinajstić information content (AvgIpc) is 2.90. The van der Waals surface area contributed by atoms with E-state index in [2.05, 4.69) is 28.8 Å². The molecule has 2 atom stereocenters. The van der Waals surface area contributed by atoms with Gasteiger partial charge in [0.2, 0.25) is 0 Å². The van der Waals surface area contributed by atoms with Crippen molar-refractivity contribution in [1.82, 2.24) is 10.6 Å². The van der Waals surface area contributed by atoms with E-state index in [1.165, 1.54) is 18.2 Å². The van der Waals surface area contributed by atoms with Crippen LogP contribution >= 0.6 is 0 Å². The standard InChI is InChI=1S/C15H18N2O/c1-2-4-14-11(3-1)7-13(18-14)8-15-6-5-12(17-15)9-16-10-15/h1-4,7,12,16-17H,5-6,8-10H2. The molecule has 18 heavy (non-hydrogen) atoms. The molecule has 3 heteroatoms. The first-order chi connectivity index (χ1) is 8.83. The topological polar surface area (TPSA) is 37.2 Å². The van der Waals surface area contributed by atoms with Crippen molar-refractivity contribution in [3.8, 4) is 0 Å². The number of nitrogens with one attached hydrogen (secondary N) is 2. The molecule has 0 aliphatic carbocycles. The molecular weight excluding hydrogens is 224 g/mol. The van der Waals surface area contributed by atoms with Gasteiger partial charge in [-0.25, -0.2) is 0 Å². The molecule has 0 saturated carbocycles. The molecule has 4 rings (SSSR count). The van der Waals surface area contributed by atoms with Crippen molar-refractivity contribution in [2.24, 2.45) is 0 Å². The Labute approximate surface area is 107 Å². The first-order valence-electron chi connectivity index (χ1n) is 6.79. The highest BCUT2D eigenvalue weighted by Crippen LogP contribution is 2.31. The van der Waals surface area contributed by atoms with Gasteiger partial charge in [0.25, 0.3) is 0 Å². The fourth-order valence-corrected chi connectivity index (χ4v) is 3.47. The summed E-state index contributed by atoms with van der Waals surface area (Å²) in [6.07, 6.45) is 3.53. The van der Waals surface area contributed by atoms with E-state index in [-0.39, 0.29) is 5.54 Å². The smallest absolute Gasteiger partial charge is 0.134 e. The second-order valence-corrected chi connectivity index (χ2v) is 5.72. The Morgan fingerprint density at radius 1 is 1.33 bits per heavy atom. The molecular formula is C15H18N2O. The number of hydrogen-bond donors (Lipinski definition) is 2. The van der Waals surface area contributed by atoms with Crippen LogP contribution in [0.3, 0.4) is 0 Å². The van der Waals surface area contributed by atoms with Gasteiger partial charge in [-0.1, -0.05) is 18.2 Å². The van der Waals surface area contributed by atoms with E-state index in [9.17, 15) is 0 Å². The zero-order valence-electron chi connectivity index (χ0n) is 10.4. The summed E-state index contributed by atoms with van der Waals surface area (Å²) in [7, 11) is 0. The third-order valence-corrected chi connectivity index (χ3v) is 4.32. The van der Waals surface area contributed by atoms with Crippen LogP contribution in [-0.4, -0.2) is 24.7 Å². The molecule has 2 N–H and O–H groups in total. The molecule has 2 unspecified atom stereocenters. The predicted molar refractivity (Wildman–Crippen MR) is 71.7 cm³/mol. The summed E-state index contributed by atoms with van der Waals surface area (Å²) in [5.41, 5.74) is 1.22. The molecule has 2 fully saturated rings. The Morgan fingerprint density at radius 3 is 3.22 bits per heavy atom. The molecule has 1 aromatic carbocycles. The van der Waals surface area contributed by atoms with Crippen LogP contribution in [0.15, 0.2) is 34.7 Å². The van der Waals surface area contributed by atoms with Crippen LogP contribution < -0.4 is 10.6 Å². The minimum absolute atomic E-state index is 0.219. The Hall–Kier alpha value is -1.32. The Balaban J connectivity index is 1.64. The minimum atomic E-state index is 0.219. The van der Waals surface area contributed by atoms with E-state index in [1.54, 1.807) is 0 Å². The summed E-state index contributed by atoms with van der Waals surface area (Å²) in [5.74, 6) is 1.10. The molecule has 2 aliphatic heterocycles. The lowest BCUT2D eigenvalue weighted by Crippen LogP contribution is -2.59. The van der Waals surface area contributed by atoms with Crippen LogP contribution in [0, 0.1) is 0 Å². The summed E-state index contributed by atoms with van der Waals surface area (Å²) in [5, 5.41) is 8.52. The molecule has 2 aromatic rings. The molecule has 2 aliphatic rings. The lowest BCUT2D eigenvalue weighted by atomic mass is 9.92. The SMILES string of the molecule is c1ccc2oc(CC34CCC(CNC3)N4)cc2c1. The minimum Gasteiger partial charge on any atom is -0.461 e. The third kappa shape index (κ3) is 1.66. The zero-order valence-corrected chi connectivity index (χ0v) is 10.4. The van der Waals surface area contributed by atoms with Gasteiger partial charge in [0.05, 0.1) is 0 Å². The maximum atomic E-state index is 5.95. The molecule has 0 amide bonds. The van der Waals surface area contributed by atoms with E-state index in [0.717, 1.165) is 30.9 Å². The fourth-order valence-electron chi connectivity index (χ4n) is 3.47. The van der Waals surface area contributed by atoms with Crippen LogP contribution in [0.5, 0.6) is 0 Å². The van der Waals surface area contributed by atoms with Crippen molar-refractivity contribution in [3.63, 3.8) is 0 Å². The third-order valence-electron chi connectivity index (χ3n) is 4.32. The first-order valence-corrected chi connectivity index (χ1v) is 6.79. The number of rotatable bonds is 2. The van der Waals surface area contributed by atoms with E-state index < -0.39 is 0 Å². The van der Waals surface area contributed by atoms with Crippen LogP contribution in [0.4, 0.5) is 0 Å². The van der Waals surface area contributed by atoms with Gasteiger partial charge < -0.3 is 15.1 Å². The Bertz CT molecular complexity index is 540. The van der Waals surface area contributed by atoms with Gasteiger partial charge in [-0.3, -0.25) is 0 Å². The molecule has 94 valence electrons. The molecule has 3 heterocycles. The van der Waals surface area contributed by atoms with Gasteiger partial charge in [-0.2, -0.15) is 0 Å². The highest BCUT2D eigenvalue weighted by molar-refractivity contribution is 5.77. The quantitative estimate of drug-likeness (QED) is 0.846. The lowest BCUT2D eigenvalue weighted by molar-refractivity contribution is 0.278. The lowest BCUT2D eigenvalue weighted by Gasteiger charge is -2.34. The second-order valence-electron chi connectivity index (χ2n) is 5.72. The zero-order chi connectivity index (χ0) is 12.0. The summed E-state index contributed by atoms with van der Waals surface area (Å²) in [4.78, 5) is 0. The van der Waals surface area contributed by atoms with E-state index in [1.807, 2.05) is 12.1 Å². The summed E-state index contributed by atoms with van der Waals surface area (Å²) in [6.45, 7) is 2.17. The van der Waals surface area contributed by atoms with Crippen LogP contribution in [-0.2, 0) is 6.42 Å². The van der Waals surface area contributed by atoms with Crippen molar-refractivity contribution >= 4 is 11.0 Å². The Morgan fingerprint density at radius 2 is 2.28 bits per heavy atom. The van der Waals surface area contributed by atoms with E-state index in [0.29, 0.717) is 6.04 Å². The van der Waals surface area contributed by atoms with Gasteiger partial charge in [0.15, 0.2) is 0 Å². The van der Waals surface area contributed by atoms with Gasteiger partial charge in [0.1, 0.15) is 11.3 Å². The molecule has 0 spiro atoms. The van der Waals surface area contributed by atoms with Crippen molar-refractivity contribution in [2.75, 3.05) is 13.1 Å². The predicted octanol–water partition coefficient (Wildman–Crippen LogP) is 2.07. The van der Waals surface area contributed by atoms with Crippen molar-refractivity contribution in [2.45, 2.75) is 30.8 Å². The van der Waals surface area contributed by atoms with Crippen molar-refractivity contribution < 1.29 is 4.42 Å². The highest BCUT2D eigenvalue weighted by atomic mass is 16.3. The van der Waals surface area contributed by atoms with Gasteiger partial charge in [0, 0.05) is 36.5 Å². The Kier molecular flexibility index (Phi) is 2.26. The summed E-state index contributed by atoms with van der Waals surface area (Å²) < 4.78 is 5.95. The largest absolute Gasteiger partial charge is 0.461 e. The average molecular weight is 242 g/mol. The number of furan rings is 1. The summed E-state index contributed by atoms with van der Waals surface area (Å²) in [6, 6.07) is 11.1. The molecule has 2 saturated heterocycles. The van der Waals surface area contributed by atoms with Gasteiger partial charge >= 0.3 is 0 Å². The number of piperazine rings is 1. The van der Waals surface area contributed by atoms with E-state index in [4.69, 9.17) is 4.42 Å². The van der Waals surface area contributed by atoms with E-state index >= 15 is 0 Å². The molecule has 3 nitrogen and oxygen atoms in total. The van der Waals surface area contributed by atoms with Gasteiger partial charge in [-0.15, -0.1) is 0 Å². The van der Waals surface area contributed by atoms with Crippen LogP contribution in [0.25, 0.3) is 11.0 Å². The number of para-hydroxylation sites is 1. The molecule has 0 radical (unpaired) electrons. The maximum Gasteiger partial charge on any atom is 0.134 e. The summed E-state index contributed by atoms with van der Waals surface area (Å²) >= 11 is 0. The van der Waals surface area contributed by atoms with Crippen molar-refractivity contribution in [3.05, 3.63) is 36.1 Å². The normalized spacial score (nSPS) is 31.0. The maximum absolute atomic E-state index is 5.95. The molecule has 1 aromatic heterocycles. The van der Waals surface area contributed by atoms with Crippen LogP contribution in [0.1, 0.15) is 18.6 Å². The first kappa shape index (κ1) is 10.6. The monoisotopic (exact) mass is 242 g/mol. The van der Waals surface area contributed by atoms with Gasteiger partial charge in [-0.05, 0) is 25.0 Å². The second kappa shape index (κ2) is 3.84. The number of benzene rings is 1. The van der Waals surface area contributed by atoms with Crippen molar-refractivity contribution in [1.29, 1.82) is 0 Å². The molecule has 2 bridgehead atoms.